The van der Waals surface area contributed by atoms with Crippen molar-refractivity contribution in [1.82, 2.24) is 0 Å². The SMILES string of the molecule is CCOC(CN1CCc2cc(N)ccc21)OCCO. The third-order valence-electron chi connectivity index (χ3n) is 3.21. The fourth-order valence-electron chi connectivity index (χ4n) is 2.38. The molecule has 0 saturated heterocycles. The van der Waals surface area contributed by atoms with Crippen molar-refractivity contribution in [3.63, 3.8) is 0 Å². The fourth-order valence-corrected chi connectivity index (χ4v) is 2.38. The molecule has 0 radical (unpaired) electrons. The summed E-state index contributed by atoms with van der Waals surface area (Å²) in [5.41, 5.74) is 9.08. The van der Waals surface area contributed by atoms with Crippen molar-refractivity contribution < 1.29 is 14.6 Å². The van der Waals surface area contributed by atoms with Crippen LogP contribution in [0.25, 0.3) is 0 Å². The Hall–Kier alpha value is -1.30. The minimum absolute atomic E-state index is 0.0106. The minimum atomic E-state index is -0.305. The van der Waals surface area contributed by atoms with E-state index in [0.717, 1.165) is 18.7 Å². The van der Waals surface area contributed by atoms with Crippen LogP contribution in [0.4, 0.5) is 11.4 Å². The molecule has 0 bridgehead atoms. The Morgan fingerprint density at radius 2 is 2.26 bits per heavy atom. The average Bonchev–Trinajstić information content (AvgIpc) is 2.78. The molecule has 3 N–H and O–H groups in total. The molecule has 1 unspecified atom stereocenters. The number of hydrogen-bond acceptors (Lipinski definition) is 5. The van der Waals surface area contributed by atoms with Crippen LogP contribution in [-0.4, -0.2) is 44.3 Å². The third-order valence-corrected chi connectivity index (χ3v) is 3.21. The second kappa shape index (κ2) is 6.75. The monoisotopic (exact) mass is 266 g/mol. The molecule has 0 fully saturated rings. The third kappa shape index (κ3) is 3.59. The van der Waals surface area contributed by atoms with Gasteiger partial charge in [0.15, 0.2) is 6.29 Å². The van der Waals surface area contributed by atoms with E-state index in [1.54, 1.807) is 0 Å². The maximum Gasteiger partial charge on any atom is 0.174 e. The van der Waals surface area contributed by atoms with Crippen LogP contribution >= 0.6 is 0 Å². The van der Waals surface area contributed by atoms with Gasteiger partial charge in [0, 0.05) is 24.5 Å². The van der Waals surface area contributed by atoms with Gasteiger partial charge in [0.05, 0.1) is 19.8 Å². The zero-order valence-electron chi connectivity index (χ0n) is 11.3. The Labute approximate surface area is 113 Å². The first kappa shape index (κ1) is 14.1. The van der Waals surface area contributed by atoms with Crippen LogP contribution in [0.1, 0.15) is 12.5 Å². The number of hydrogen-bond donors (Lipinski definition) is 2. The number of benzene rings is 1. The standard InChI is InChI=1S/C14H22N2O3/c1-2-18-14(19-8-7-17)10-16-6-5-11-9-12(15)3-4-13(11)16/h3-4,9,14,17H,2,5-8,10,15H2,1H3. The highest BCUT2D eigenvalue weighted by Gasteiger charge is 2.22. The van der Waals surface area contributed by atoms with Crippen molar-refractivity contribution in [2.24, 2.45) is 0 Å². The summed E-state index contributed by atoms with van der Waals surface area (Å²) in [6, 6.07) is 5.99. The smallest absolute Gasteiger partial charge is 0.174 e. The van der Waals surface area contributed by atoms with Gasteiger partial charge in [-0.1, -0.05) is 0 Å². The van der Waals surface area contributed by atoms with Crippen molar-refractivity contribution in [1.29, 1.82) is 0 Å². The molecular weight excluding hydrogens is 244 g/mol. The topological polar surface area (TPSA) is 68.0 Å². The predicted octanol–water partition coefficient (Wildman–Crippen LogP) is 1.00. The summed E-state index contributed by atoms with van der Waals surface area (Å²) in [7, 11) is 0. The highest BCUT2D eigenvalue weighted by molar-refractivity contribution is 5.62. The number of anilines is 2. The number of nitrogens with two attached hydrogens (primary N) is 1. The summed E-state index contributed by atoms with van der Waals surface area (Å²) < 4.78 is 11.0. The predicted molar refractivity (Wildman–Crippen MR) is 75.2 cm³/mol. The van der Waals surface area contributed by atoms with Gasteiger partial charge in [-0.2, -0.15) is 0 Å². The van der Waals surface area contributed by atoms with Gasteiger partial charge in [-0.05, 0) is 37.1 Å². The fraction of sp³-hybridized carbons (Fsp3) is 0.571. The lowest BCUT2D eigenvalue weighted by molar-refractivity contribution is -0.138. The van der Waals surface area contributed by atoms with Crippen molar-refractivity contribution in [2.75, 3.05) is 43.5 Å². The van der Waals surface area contributed by atoms with Gasteiger partial charge in [-0.3, -0.25) is 0 Å². The molecule has 0 spiro atoms. The van der Waals surface area contributed by atoms with Crippen LogP contribution in [0.5, 0.6) is 0 Å². The lowest BCUT2D eigenvalue weighted by Crippen LogP contribution is -2.35. The summed E-state index contributed by atoms with van der Waals surface area (Å²) in [5, 5.41) is 8.82. The molecule has 0 aliphatic carbocycles. The van der Waals surface area contributed by atoms with Crippen LogP contribution in [0.2, 0.25) is 0 Å². The van der Waals surface area contributed by atoms with Crippen molar-refractivity contribution in [2.45, 2.75) is 19.6 Å². The van der Waals surface area contributed by atoms with E-state index in [4.69, 9.17) is 20.3 Å². The largest absolute Gasteiger partial charge is 0.399 e. The lowest BCUT2D eigenvalue weighted by Gasteiger charge is -2.25. The Morgan fingerprint density at radius 3 is 3.00 bits per heavy atom. The van der Waals surface area contributed by atoms with Gasteiger partial charge in [0.25, 0.3) is 0 Å². The van der Waals surface area contributed by atoms with E-state index in [-0.39, 0.29) is 12.9 Å². The Bertz CT molecular complexity index is 412. The molecule has 1 aliphatic heterocycles. The molecule has 106 valence electrons. The first-order chi connectivity index (χ1) is 9.24. The van der Waals surface area contributed by atoms with E-state index in [1.807, 2.05) is 25.1 Å². The quantitative estimate of drug-likeness (QED) is 0.569. The van der Waals surface area contributed by atoms with Crippen molar-refractivity contribution >= 4 is 11.4 Å². The molecule has 19 heavy (non-hydrogen) atoms. The lowest BCUT2D eigenvalue weighted by atomic mass is 10.1. The van der Waals surface area contributed by atoms with E-state index in [2.05, 4.69) is 4.90 Å². The number of fused-ring (bicyclic) bond motifs is 1. The molecule has 1 aromatic carbocycles. The number of nitrogen functional groups attached to an aromatic ring is 1. The van der Waals surface area contributed by atoms with Crippen LogP contribution in [-0.2, 0) is 15.9 Å². The summed E-state index contributed by atoms with van der Waals surface area (Å²) >= 11 is 0. The van der Waals surface area contributed by atoms with Gasteiger partial charge < -0.3 is 25.2 Å². The van der Waals surface area contributed by atoms with Gasteiger partial charge in [-0.15, -0.1) is 0 Å². The number of nitrogens with zero attached hydrogens (tertiary/aromatic N) is 1. The molecule has 5 heteroatoms. The summed E-state index contributed by atoms with van der Waals surface area (Å²) in [6.07, 6.45) is 0.694. The number of aliphatic hydroxyl groups is 1. The van der Waals surface area contributed by atoms with Crippen LogP contribution in [0.15, 0.2) is 18.2 Å². The van der Waals surface area contributed by atoms with E-state index in [9.17, 15) is 0 Å². The van der Waals surface area contributed by atoms with Gasteiger partial charge in [0.2, 0.25) is 0 Å². The molecule has 0 saturated carbocycles. The Kier molecular flexibility index (Phi) is 5.01. The molecule has 1 atom stereocenters. The van der Waals surface area contributed by atoms with Gasteiger partial charge >= 0.3 is 0 Å². The van der Waals surface area contributed by atoms with E-state index < -0.39 is 0 Å². The highest BCUT2D eigenvalue weighted by Crippen LogP contribution is 2.29. The molecule has 0 aromatic heterocycles. The van der Waals surface area contributed by atoms with E-state index >= 15 is 0 Å². The summed E-state index contributed by atoms with van der Waals surface area (Å²) in [5.74, 6) is 0. The van der Waals surface area contributed by atoms with Crippen LogP contribution < -0.4 is 10.6 Å². The first-order valence-electron chi connectivity index (χ1n) is 6.72. The maximum atomic E-state index is 8.82. The summed E-state index contributed by atoms with van der Waals surface area (Å²) in [6.45, 7) is 4.46. The summed E-state index contributed by atoms with van der Waals surface area (Å²) in [4.78, 5) is 2.24. The normalized spacial score (nSPS) is 15.6. The van der Waals surface area contributed by atoms with E-state index in [0.29, 0.717) is 19.8 Å². The van der Waals surface area contributed by atoms with Crippen LogP contribution in [0, 0.1) is 0 Å². The maximum absolute atomic E-state index is 8.82. The molecule has 0 amide bonds. The van der Waals surface area contributed by atoms with Gasteiger partial charge in [-0.25, -0.2) is 0 Å². The average molecular weight is 266 g/mol. The zero-order chi connectivity index (χ0) is 13.7. The molecule has 2 rings (SSSR count). The first-order valence-corrected chi connectivity index (χ1v) is 6.72. The Morgan fingerprint density at radius 1 is 1.42 bits per heavy atom. The number of aliphatic hydroxyl groups excluding tert-OH is 1. The Balaban J connectivity index is 1.99. The van der Waals surface area contributed by atoms with Gasteiger partial charge in [0.1, 0.15) is 0 Å². The minimum Gasteiger partial charge on any atom is -0.399 e. The second-order valence-electron chi connectivity index (χ2n) is 4.56. The zero-order valence-corrected chi connectivity index (χ0v) is 11.3. The number of ether oxygens (including phenoxy) is 2. The van der Waals surface area contributed by atoms with Crippen LogP contribution in [0.3, 0.4) is 0 Å². The highest BCUT2D eigenvalue weighted by atomic mass is 16.7. The molecule has 5 nitrogen and oxygen atoms in total. The molecular formula is C14H22N2O3. The molecule has 1 aliphatic rings. The second-order valence-corrected chi connectivity index (χ2v) is 4.56. The molecule has 1 aromatic rings. The van der Waals surface area contributed by atoms with Crippen molar-refractivity contribution in [3.8, 4) is 0 Å². The van der Waals surface area contributed by atoms with E-state index in [1.165, 1.54) is 11.3 Å². The molecule has 1 heterocycles. The van der Waals surface area contributed by atoms with Crippen molar-refractivity contribution in [3.05, 3.63) is 23.8 Å². The number of rotatable bonds is 7.